The zero-order chi connectivity index (χ0) is 20.3. The highest BCUT2D eigenvalue weighted by Gasteiger charge is 2.63. The molecule has 5 heteroatoms. The van der Waals surface area contributed by atoms with Crippen molar-refractivity contribution < 1.29 is 23.9 Å². The van der Waals surface area contributed by atoms with Gasteiger partial charge in [0.1, 0.15) is 18.0 Å². The molecule has 4 saturated carbocycles. The summed E-state index contributed by atoms with van der Waals surface area (Å²) in [6.45, 7) is 7.53. The molecule has 0 radical (unpaired) electrons. The van der Waals surface area contributed by atoms with Gasteiger partial charge in [-0.2, -0.15) is 0 Å². The SMILES string of the molecule is CC(=O)O[C@@H]1CC[C@@]2(C)[C@H](C1)C[C@H](OC(C)=O)[C@@H]1[C@@H]2CC[C@]2(C)C(=O)CC[C@@H]12. The van der Waals surface area contributed by atoms with E-state index in [0.29, 0.717) is 30.0 Å². The first-order chi connectivity index (χ1) is 13.1. The van der Waals surface area contributed by atoms with Crippen LogP contribution in [0.15, 0.2) is 0 Å². The Morgan fingerprint density at radius 2 is 1.64 bits per heavy atom. The van der Waals surface area contributed by atoms with Crippen LogP contribution in [0.5, 0.6) is 0 Å². The van der Waals surface area contributed by atoms with E-state index in [2.05, 4.69) is 13.8 Å². The summed E-state index contributed by atoms with van der Waals surface area (Å²) < 4.78 is 11.4. The number of Topliss-reactive ketones (excluding diaryl/α,β-unsaturated/α-hetero) is 1. The molecule has 4 aliphatic rings. The van der Waals surface area contributed by atoms with Gasteiger partial charge in [-0.1, -0.05) is 13.8 Å². The van der Waals surface area contributed by atoms with Gasteiger partial charge in [0.2, 0.25) is 0 Å². The molecule has 0 saturated heterocycles. The normalized spacial score (nSPS) is 47.5. The fourth-order valence-corrected chi connectivity index (χ4v) is 7.61. The number of ketones is 1. The molecular formula is C23H34O5. The number of hydrogen-bond acceptors (Lipinski definition) is 5. The molecule has 0 spiro atoms. The van der Waals surface area contributed by atoms with Gasteiger partial charge in [0, 0.05) is 31.6 Å². The highest BCUT2D eigenvalue weighted by molar-refractivity contribution is 5.87. The van der Waals surface area contributed by atoms with E-state index in [-0.39, 0.29) is 40.9 Å². The summed E-state index contributed by atoms with van der Waals surface area (Å²) in [5, 5.41) is 0. The summed E-state index contributed by atoms with van der Waals surface area (Å²) in [6, 6.07) is 0. The Morgan fingerprint density at radius 1 is 0.929 bits per heavy atom. The lowest BCUT2D eigenvalue weighted by atomic mass is 9.44. The molecule has 4 fully saturated rings. The first-order valence-electron chi connectivity index (χ1n) is 11.0. The summed E-state index contributed by atoms with van der Waals surface area (Å²) in [7, 11) is 0. The van der Waals surface area contributed by atoms with Crippen LogP contribution in [0.4, 0.5) is 0 Å². The summed E-state index contributed by atoms with van der Waals surface area (Å²) >= 11 is 0. The third kappa shape index (κ3) is 3.00. The van der Waals surface area contributed by atoms with Crippen molar-refractivity contribution in [1.29, 1.82) is 0 Å². The molecule has 0 aliphatic heterocycles. The number of ether oxygens (including phenoxy) is 2. The maximum absolute atomic E-state index is 12.7. The largest absolute Gasteiger partial charge is 0.463 e. The maximum atomic E-state index is 12.7. The summed E-state index contributed by atoms with van der Waals surface area (Å²) in [5.74, 6) is 1.43. The first kappa shape index (κ1) is 19.9. The van der Waals surface area contributed by atoms with Gasteiger partial charge in [0.05, 0.1) is 0 Å². The van der Waals surface area contributed by atoms with Crippen LogP contribution in [0.3, 0.4) is 0 Å². The lowest BCUT2D eigenvalue weighted by Crippen LogP contribution is -2.59. The minimum absolute atomic E-state index is 0.0213. The number of rotatable bonds is 2. The molecule has 0 aromatic carbocycles. The van der Waals surface area contributed by atoms with E-state index >= 15 is 0 Å². The first-order valence-corrected chi connectivity index (χ1v) is 11.0. The predicted octanol–water partition coefficient (Wildman–Crippen LogP) is 4.07. The Bertz CT molecular complexity index is 686. The number of hydrogen-bond donors (Lipinski definition) is 0. The molecular weight excluding hydrogens is 356 g/mol. The highest BCUT2D eigenvalue weighted by atomic mass is 16.5. The molecule has 0 N–H and O–H groups in total. The van der Waals surface area contributed by atoms with Gasteiger partial charge in [0.25, 0.3) is 0 Å². The van der Waals surface area contributed by atoms with Crippen molar-refractivity contribution >= 4 is 17.7 Å². The molecule has 0 aromatic heterocycles. The van der Waals surface area contributed by atoms with Crippen LogP contribution in [0.2, 0.25) is 0 Å². The number of carbonyl (C=O) groups excluding carboxylic acids is 3. The van der Waals surface area contributed by atoms with Crippen molar-refractivity contribution in [2.75, 3.05) is 0 Å². The van der Waals surface area contributed by atoms with E-state index in [4.69, 9.17) is 9.47 Å². The molecule has 4 rings (SSSR count). The van der Waals surface area contributed by atoms with Gasteiger partial charge in [-0.3, -0.25) is 14.4 Å². The summed E-state index contributed by atoms with van der Waals surface area (Å²) in [5.41, 5.74) is -0.0668. The van der Waals surface area contributed by atoms with Gasteiger partial charge in [-0.15, -0.1) is 0 Å². The van der Waals surface area contributed by atoms with Gasteiger partial charge in [0.15, 0.2) is 0 Å². The zero-order valence-corrected chi connectivity index (χ0v) is 17.7. The van der Waals surface area contributed by atoms with E-state index in [1.807, 2.05) is 0 Å². The number of fused-ring (bicyclic) bond motifs is 5. The molecule has 8 atom stereocenters. The van der Waals surface area contributed by atoms with Gasteiger partial charge in [-0.25, -0.2) is 0 Å². The highest BCUT2D eigenvalue weighted by Crippen LogP contribution is 2.66. The van der Waals surface area contributed by atoms with E-state index in [9.17, 15) is 14.4 Å². The third-order valence-corrected chi connectivity index (χ3v) is 8.97. The maximum Gasteiger partial charge on any atom is 0.302 e. The van der Waals surface area contributed by atoms with E-state index in [0.717, 1.165) is 44.9 Å². The Labute approximate surface area is 167 Å². The monoisotopic (exact) mass is 390 g/mol. The molecule has 0 unspecified atom stereocenters. The van der Waals surface area contributed by atoms with Crippen molar-refractivity contribution in [2.45, 2.75) is 91.3 Å². The van der Waals surface area contributed by atoms with Crippen LogP contribution in [-0.2, 0) is 23.9 Å². The second-order valence-electron chi connectivity index (χ2n) is 10.3. The lowest BCUT2D eigenvalue weighted by Gasteiger charge is -2.61. The predicted molar refractivity (Wildman–Crippen MR) is 103 cm³/mol. The Morgan fingerprint density at radius 3 is 2.32 bits per heavy atom. The van der Waals surface area contributed by atoms with Crippen LogP contribution in [0.25, 0.3) is 0 Å². The van der Waals surface area contributed by atoms with Crippen LogP contribution >= 0.6 is 0 Å². The summed E-state index contributed by atoms with van der Waals surface area (Å²) in [6.07, 6.45) is 7.10. The van der Waals surface area contributed by atoms with E-state index in [1.54, 1.807) is 0 Å². The molecule has 0 bridgehead atoms. The average molecular weight is 391 g/mol. The smallest absolute Gasteiger partial charge is 0.302 e. The second kappa shape index (κ2) is 6.84. The third-order valence-electron chi connectivity index (χ3n) is 8.97. The van der Waals surface area contributed by atoms with Crippen molar-refractivity contribution in [1.82, 2.24) is 0 Å². The molecule has 4 aliphatic carbocycles. The van der Waals surface area contributed by atoms with Gasteiger partial charge < -0.3 is 9.47 Å². The molecule has 28 heavy (non-hydrogen) atoms. The number of carbonyl (C=O) groups is 3. The van der Waals surface area contributed by atoms with Crippen molar-refractivity contribution in [3.05, 3.63) is 0 Å². The molecule has 0 amide bonds. The Hall–Kier alpha value is -1.39. The van der Waals surface area contributed by atoms with Crippen molar-refractivity contribution in [3.8, 4) is 0 Å². The van der Waals surface area contributed by atoms with E-state index < -0.39 is 0 Å². The van der Waals surface area contributed by atoms with Crippen LogP contribution < -0.4 is 0 Å². The second-order valence-corrected chi connectivity index (χ2v) is 10.3. The molecule has 156 valence electrons. The topological polar surface area (TPSA) is 69.7 Å². The minimum Gasteiger partial charge on any atom is -0.463 e. The molecule has 5 nitrogen and oxygen atoms in total. The molecule has 0 aromatic rings. The minimum atomic E-state index is -0.238. The fourth-order valence-electron chi connectivity index (χ4n) is 7.61. The van der Waals surface area contributed by atoms with Crippen molar-refractivity contribution in [2.24, 2.45) is 34.5 Å². The Balaban J connectivity index is 1.65. The fraction of sp³-hybridized carbons (Fsp3) is 0.870. The van der Waals surface area contributed by atoms with Crippen LogP contribution in [-0.4, -0.2) is 29.9 Å². The zero-order valence-electron chi connectivity index (χ0n) is 17.7. The van der Waals surface area contributed by atoms with Gasteiger partial charge in [-0.05, 0) is 68.1 Å². The van der Waals surface area contributed by atoms with Crippen molar-refractivity contribution in [3.63, 3.8) is 0 Å². The van der Waals surface area contributed by atoms with E-state index in [1.165, 1.54) is 13.8 Å². The average Bonchev–Trinajstić information content (AvgIpc) is 2.90. The Kier molecular flexibility index (Phi) is 4.86. The lowest BCUT2D eigenvalue weighted by molar-refractivity contribution is -0.193. The number of esters is 2. The van der Waals surface area contributed by atoms with Gasteiger partial charge >= 0.3 is 11.9 Å². The standard InChI is InChI=1S/C23H34O5/c1-13(24)27-16-7-9-22(3)15(11-16)12-19(28-14(2)25)21-17-5-6-20(26)23(17,4)10-8-18(21)22/h15-19,21H,5-12H2,1-4H3/t15-,16-,17+,18+,19+,21+,22+,23+/m1/s1. The van der Waals surface area contributed by atoms with Crippen LogP contribution in [0.1, 0.15) is 79.1 Å². The summed E-state index contributed by atoms with van der Waals surface area (Å²) in [4.78, 5) is 36.1. The molecule has 0 heterocycles. The quantitative estimate of drug-likeness (QED) is 0.665. The van der Waals surface area contributed by atoms with Crippen LogP contribution in [0, 0.1) is 34.5 Å².